The third-order valence-electron chi connectivity index (χ3n) is 3.32. The molecule has 0 bridgehead atoms. The standard InChI is InChI=1S/C12H17N3O5S/c1-8(16)14-9-3-2-4-15(7-9)21(19,20)10-5-11(12(17)18)13-6-10/h5-6,9,13H,2-4,7H2,1H3,(H,14,16)(H,17,18). The number of aromatic nitrogens is 1. The maximum absolute atomic E-state index is 12.5. The number of carbonyl (C=O) groups is 2. The summed E-state index contributed by atoms with van der Waals surface area (Å²) < 4.78 is 26.2. The first kappa shape index (κ1) is 15.5. The number of aromatic amines is 1. The molecule has 0 spiro atoms. The van der Waals surface area contributed by atoms with E-state index in [4.69, 9.17) is 5.11 Å². The minimum Gasteiger partial charge on any atom is -0.477 e. The largest absolute Gasteiger partial charge is 0.477 e. The molecule has 1 aromatic heterocycles. The van der Waals surface area contributed by atoms with Crippen LogP contribution >= 0.6 is 0 Å². The van der Waals surface area contributed by atoms with Gasteiger partial charge < -0.3 is 15.4 Å². The van der Waals surface area contributed by atoms with Gasteiger partial charge in [-0.3, -0.25) is 4.79 Å². The molecule has 21 heavy (non-hydrogen) atoms. The highest BCUT2D eigenvalue weighted by molar-refractivity contribution is 7.89. The molecule has 8 nitrogen and oxygen atoms in total. The molecule has 1 saturated heterocycles. The Kier molecular flexibility index (Phi) is 4.33. The second-order valence-electron chi connectivity index (χ2n) is 4.96. The van der Waals surface area contributed by atoms with E-state index >= 15 is 0 Å². The van der Waals surface area contributed by atoms with Gasteiger partial charge in [0, 0.05) is 32.3 Å². The van der Waals surface area contributed by atoms with E-state index in [1.54, 1.807) is 0 Å². The van der Waals surface area contributed by atoms with Crippen molar-refractivity contribution in [3.05, 3.63) is 18.0 Å². The molecule has 116 valence electrons. The molecule has 0 radical (unpaired) electrons. The van der Waals surface area contributed by atoms with Gasteiger partial charge in [-0.2, -0.15) is 4.31 Å². The van der Waals surface area contributed by atoms with Crippen LogP contribution in [0.25, 0.3) is 0 Å². The van der Waals surface area contributed by atoms with Gasteiger partial charge in [0.15, 0.2) is 0 Å². The lowest BCUT2D eigenvalue weighted by atomic mass is 10.1. The van der Waals surface area contributed by atoms with Crippen LogP contribution in [-0.4, -0.2) is 53.8 Å². The van der Waals surface area contributed by atoms with Gasteiger partial charge in [0.1, 0.15) is 10.6 Å². The lowest BCUT2D eigenvalue weighted by molar-refractivity contribution is -0.119. The quantitative estimate of drug-likeness (QED) is 0.722. The number of sulfonamides is 1. The molecule has 1 atom stereocenters. The molecule has 0 saturated carbocycles. The Labute approximate surface area is 122 Å². The summed E-state index contributed by atoms with van der Waals surface area (Å²) in [5, 5.41) is 11.5. The third kappa shape index (κ3) is 3.42. The van der Waals surface area contributed by atoms with Crippen LogP contribution in [0.1, 0.15) is 30.3 Å². The summed E-state index contributed by atoms with van der Waals surface area (Å²) in [6.07, 6.45) is 2.53. The molecule has 1 aliphatic heterocycles. The highest BCUT2D eigenvalue weighted by atomic mass is 32.2. The normalized spacial score (nSPS) is 20.1. The fourth-order valence-corrected chi connectivity index (χ4v) is 3.88. The number of hydrogen-bond acceptors (Lipinski definition) is 4. The highest BCUT2D eigenvalue weighted by Crippen LogP contribution is 2.21. The molecule has 0 aromatic carbocycles. The Hall–Kier alpha value is -1.87. The molecule has 1 aromatic rings. The number of rotatable bonds is 4. The first-order chi connectivity index (χ1) is 9.80. The number of nitrogens with one attached hydrogen (secondary N) is 2. The molecule has 2 heterocycles. The van der Waals surface area contributed by atoms with Gasteiger partial charge in [0.05, 0.1) is 0 Å². The monoisotopic (exact) mass is 315 g/mol. The average molecular weight is 315 g/mol. The van der Waals surface area contributed by atoms with E-state index in [0.29, 0.717) is 13.0 Å². The zero-order valence-corrected chi connectivity index (χ0v) is 12.3. The Morgan fingerprint density at radius 2 is 2.19 bits per heavy atom. The van der Waals surface area contributed by atoms with Crippen molar-refractivity contribution >= 4 is 21.9 Å². The van der Waals surface area contributed by atoms with Gasteiger partial charge in [0.25, 0.3) is 0 Å². The number of piperidine rings is 1. The molecule has 0 aliphatic carbocycles. The first-order valence-electron chi connectivity index (χ1n) is 6.49. The number of H-pyrrole nitrogens is 1. The molecule has 9 heteroatoms. The number of amides is 1. The maximum Gasteiger partial charge on any atom is 0.352 e. The topological polar surface area (TPSA) is 120 Å². The minimum absolute atomic E-state index is 0.0802. The molecule has 2 rings (SSSR count). The van der Waals surface area contributed by atoms with Crippen molar-refractivity contribution in [1.29, 1.82) is 0 Å². The number of carbonyl (C=O) groups excluding carboxylic acids is 1. The van der Waals surface area contributed by atoms with Crippen molar-refractivity contribution in [3.8, 4) is 0 Å². The van der Waals surface area contributed by atoms with E-state index in [2.05, 4.69) is 10.3 Å². The molecule has 1 unspecified atom stereocenters. The molecule has 3 N–H and O–H groups in total. The summed E-state index contributed by atoms with van der Waals surface area (Å²) in [7, 11) is -3.76. The number of carboxylic acids is 1. The van der Waals surface area contributed by atoms with Gasteiger partial charge in [-0.15, -0.1) is 0 Å². The van der Waals surface area contributed by atoms with Gasteiger partial charge in [0.2, 0.25) is 15.9 Å². The summed E-state index contributed by atoms with van der Waals surface area (Å²) in [5.41, 5.74) is -0.177. The van der Waals surface area contributed by atoms with Crippen LogP contribution in [-0.2, 0) is 14.8 Å². The summed E-state index contributed by atoms with van der Waals surface area (Å²) in [6.45, 7) is 1.93. The fraction of sp³-hybridized carbons (Fsp3) is 0.500. The van der Waals surface area contributed by atoms with E-state index in [-0.39, 0.29) is 29.1 Å². The number of nitrogens with zero attached hydrogens (tertiary/aromatic N) is 1. The van der Waals surface area contributed by atoms with Crippen LogP contribution in [0.2, 0.25) is 0 Å². The predicted molar refractivity (Wildman–Crippen MR) is 73.3 cm³/mol. The third-order valence-corrected chi connectivity index (χ3v) is 5.16. The van der Waals surface area contributed by atoms with Crippen molar-refractivity contribution in [2.24, 2.45) is 0 Å². The molecular weight excluding hydrogens is 298 g/mol. The fourth-order valence-electron chi connectivity index (χ4n) is 2.36. The smallest absolute Gasteiger partial charge is 0.352 e. The highest BCUT2D eigenvalue weighted by Gasteiger charge is 2.31. The van der Waals surface area contributed by atoms with Crippen molar-refractivity contribution in [2.75, 3.05) is 13.1 Å². The van der Waals surface area contributed by atoms with E-state index in [9.17, 15) is 18.0 Å². The summed E-state index contributed by atoms with van der Waals surface area (Å²) in [6, 6.07) is 0.878. The number of aromatic carboxylic acids is 1. The summed E-state index contributed by atoms with van der Waals surface area (Å²) in [4.78, 5) is 24.2. The summed E-state index contributed by atoms with van der Waals surface area (Å²) >= 11 is 0. The van der Waals surface area contributed by atoms with E-state index in [0.717, 1.165) is 12.5 Å². The number of carboxylic acid groups (broad SMARTS) is 1. The minimum atomic E-state index is -3.76. The van der Waals surface area contributed by atoms with E-state index < -0.39 is 16.0 Å². The van der Waals surface area contributed by atoms with Gasteiger partial charge in [-0.25, -0.2) is 13.2 Å². The van der Waals surface area contributed by atoms with E-state index in [1.165, 1.54) is 17.4 Å². The second-order valence-corrected chi connectivity index (χ2v) is 6.89. The van der Waals surface area contributed by atoms with Crippen LogP contribution in [0.4, 0.5) is 0 Å². The maximum atomic E-state index is 12.5. The first-order valence-corrected chi connectivity index (χ1v) is 7.93. The predicted octanol–water partition coefficient (Wildman–Crippen LogP) is 0.00210. The Balaban J connectivity index is 2.18. The lowest BCUT2D eigenvalue weighted by Gasteiger charge is -2.31. The van der Waals surface area contributed by atoms with Crippen LogP contribution in [0.5, 0.6) is 0 Å². The second kappa shape index (κ2) is 5.86. The number of hydrogen-bond donors (Lipinski definition) is 3. The zero-order valence-electron chi connectivity index (χ0n) is 11.5. The SMILES string of the molecule is CC(=O)NC1CCCN(S(=O)(=O)c2c[nH]c(C(=O)O)c2)C1. The van der Waals surface area contributed by atoms with Crippen molar-refractivity contribution in [3.63, 3.8) is 0 Å². The van der Waals surface area contributed by atoms with Crippen molar-refractivity contribution < 1.29 is 23.1 Å². The average Bonchev–Trinajstić information content (AvgIpc) is 2.88. The van der Waals surface area contributed by atoms with Crippen LogP contribution in [0.15, 0.2) is 17.2 Å². The van der Waals surface area contributed by atoms with Gasteiger partial charge >= 0.3 is 5.97 Å². The molecule has 1 aliphatic rings. The van der Waals surface area contributed by atoms with Crippen molar-refractivity contribution in [1.82, 2.24) is 14.6 Å². The Bertz CT molecular complexity index is 652. The summed E-state index contributed by atoms with van der Waals surface area (Å²) in [5.74, 6) is -1.42. The zero-order chi connectivity index (χ0) is 15.6. The van der Waals surface area contributed by atoms with Crippen molar-refractivity contribution in [2.45, 2.75) is 30.7 Å². The molecular formula is C12H17N3O5S. The van der Waals surface area contributed by atoms with Gasteiger partial charge in [-0.1, -0.05) is 0 Å². The van der Waals surface area contributed by atoms with Crippen LogP contribution in [0, 0.1) is 0 Å². The Morgan fingerprint density at radius 1 is 1.48 bits per heavy atom. The Morgan fingerprint density at radius 3 is 2.76 bits per heavy atom. The molecule has 1 fully saturated rings. The van der Waals surface area contributed by atoms with Gasteiger partial charge in [-0.05, 0) is 18.9 Å². The van der Waals surface area contributed by atoms with Crippen LogP contribution < -0.4 is 5.32 Å². The molecule has 1 amide bonds. The van der Waals surface area contributed by atoms with Crippen LogP contribution in [0.3, 0.4) is 0 Å². The lowest BCUT2D eigenvalue weighted by Crippen LogP contribution is -2.49. The van der Waals surface area contributed by atoms with E-state index in [1.807, 2.05) is 0 Å².